The average Bonchev–Trinajstić information content (AvgIpc) is 2.58. The van der Waals surface area contributed by atoms with Crippen LogP contribution in [0.1, 0.15) is 25.3 Å². The second-order valence-corrected chi connectivity index (χ2v) is 5.98. The highest BCUT2D eigenvalue weighted by Crippen LogP contribution is 2.03. The molecule has 0 aliphatic heterocycles. The van der Waals surface area contributed by atoms with Crippen molar-refractivity contribution in [3.05, 3.63) is 48.0 Å². The van der Waals surface area contributed by atoms with Crippen LogP contribution in [0, 0.1) is 0 Å². The minimum absolute atomic E-state index is 0.102. The van der Waals surface area contributed by atoms with Crippen LogP contribution in [0.2, 0.25) is 0 Å². The van der Waals surface area contributed by atoms with Gasteiger partial charge in [0.1, 0.15) is 12.6 Å². The number of rotatable bonds is 10. The molecule has 142 valence electrons. The third kappa shape index (κ3) is 8.84. The highest BCUT2D eigenvalue weighted by Gasteiger charge is 2.20. The van der Waals surface area contributed by atoms with Crippen molar-refractivity contribution in [2.75, 3.05) is 6.54 Å². The number of primary amides is 1. The summed E-state index contributed by atoms with van der Waals surface area (Å²) in [4.78, 5) is 34.7. The number of ether oxygens (including phenoxy) is 1. The van der Waals surface area contributed by atoms with Gasteiger partial charge in [0.25, 0.3) is 0 Å². The molecule has 1 aromatic carbocycles. The molecule has 0 unspecified atom stereocenters. The Morgan fingerprint density at radius 3 is 2.46 bits per heavy atom. The van der Waals surface area contributed by atoms with Crippen LogP contribution >= 0.6 is 0 Å². The van der Waals surface area contributed by atoms with Crippen LogP contribution in [0.25, 0.3) is 0 Å². The standard InChI is InChI=1S/C18H25N3O5/c1-12(2)8-15(17(19)24)21-16(23)9-14(22)10-20-18(25)26-11-13-6-4-3-5-7-13/h3-7,14-15,22H,1,8-11H2,2H3,(H2,19,24)(H,20,25)(H,21,23)/t14-,15+/m0/s1. The molecule has 2 atom stereocenters. The van der Waals surface area contributed by atoms with E-state index in [1.54, 1.807) is 6.92 Å². The van der Waals surface area contributed by atoms with E-state index < -0.39 is 30.1 Å². The molecule has 1 aromatic rings. The Hall–Kier alpha value is -2.87. The van der Waals surface area contributed by atoms with Crippen LogP contribution in [-0.4, -0.2) is 41.7 Å². The third-order valence-corrected chi connectivity index (χ3v) is 3.35. The molecule has 5 N–H and O–H groups in total. The summed E-state index contributed by atoms with van der Waals surface area (Å²) in [6.45, 7) is 5.31. The van der Waals surface area contributed by atoms with Crippen LogP contribution in [-0.2, 0) is 20.9 Å². The smallest absolute Gasteiger partial charge is 0.407 e. The number of carbonyl (C=O) groups excluding carboxylic acids is 3. The molecule has 8 heteroatoms. The highest BCUT2D eigenvalue weighted by atomic mass is 16.5. The highest BCUT2D eigenvalue weighted by molar-refractivity contribution is 5.87. The average molecular weight is 363 g/mol. The van der Waals surface area contributed by atoms with Crippen molar-refractivity contribution in [1.29, 1.82) is 0 Å². The van der Waals surface area contributed by atoms with Crippen molar-refractivity contribution < 1.29 is 24.2 Å². The zero-order valence-electron chi connectivity index (χ0n) is 14.7. The number of benzene rings is 1. The zero-order chi connectivity index (χ0) is 19.5. The lowest BCUT2D eigenvalue weighted by Gasteiger charge is -2.17. The first-order chi connectivity index (χ1) is 12.3. The lowest BCUT2D eigenvalue weighted by Crippen LogP contribution is -2.46. The lowest BCUT2D eigenvalue weighted by molar-refractivity contribution is -0.128. The fourth-order valence-electron chi connectivity index (χ4n) is 2.09. The monoisotopic (exact) mass is 363 g/mol. The number of alkyl carbamates (subject to hydrolysis) is 1. The van der Waals surface area contributed by atoms with Gasteiger partial charge in [0.15, 0.2) is 0 Å². The Balaban J connectivity index is 2.30. The Labute approximate surface area is 152 Å². The number of hydrogen-bond acceptors (Lipinski definition) is 5. The number of aliphatic hydroxyl groups excluding tert-OH is 1. The van der Waals surface area contributed by atoms with Gasteiger partial charge in [-0.05, 0) is 18.9 Å². The molecule has 8 nitrogen and oxygen atoms in total. The number of hydrogen-bond donors (Lipinski definition) is 4. The second-order valence-electron chi connectivity index (χ2n) is 5.98. The molecule has 0 heterocycles. The van der Waals surface area contributed by atoms with E-state index in [2.05, 4.69) is 17.2 Å². The second kappa shape index (κ2) is 10.9. The van der Waals surface area contributed by atoms with Gasteiger partial charge in [-0.2, -0.15) is 0 Å². The molecule has 3 amide bonds. The number of carbonyl (C=O) groups is 3. The molecule has 0 fully saturated rings. The van der Waals surface area contributed by atoms with Crippen molar-refractivity contribution in [3.8, 4) is 0 Å². The van der Waals surface area contributed by atoms with Crippen molar-refractivity contribution in [3.63, 3.8) is 0 Å². The molecule has 0 bridgehead atoms. The van der Waals surface area contributed by atoms with E-state index in [0.717, 1.165) is 5.56 Å². The molecular formula is C18H25N3O5. The maximum Gasteiger partial charge on any atom is 0.407 e. The first-order valence-corrected chi connectivity index (χ1v) is 8.13. The normalized spacial score (nSPS) is 12.5. The lowest BCUT2D eigenvalue weighted by atomic mass is 10.1. The summed E-state index contributed by atoms with van der Waals surface area (Å²) in [6.07, 6.45) is -1.90. The summed E-state index contributed by atoms with van der Waals surface area (Å²) in [5.41, 5.74) is 6.74. The maximum absolute atomic E-state index is 11.9. The fraction of sp³-hybridized carbons (Fsp3) is 0.389. The minimum Gasteiger partial charge on any atom is -0.445 e. The van der Waals surface area contributed by atoms with Crippen LogP contribution in [0.3, 0.4) is 0 Å². The van der Waals surface area contributed by atoms with Crippen molar-refractivity contribution in [2.24, 2.45) is 5.73 Å². The Bertz CT molecular complexity index is 633. The summed E-state index contributed by atoms with van der Waals surface area (Å²) in [6, 6.07) is 8.25. The van der Waals surface area contributed by atoms with E-state index in [4.69, 9.17) is 10.5 Å². The molecule has 1 rings (SSSR count). The zero-order valence-corrected chi connectivity index (χ0v) is 14.7. The molecular weight excluding hydrogens is 338 g/mol. The van der Waals surface area contributed by atoms with Gasteiger partial charge in [-0.25, -0.2) is 4.79 Å². The van der Waals surface area contributed by atoms with Crippen LogP contribution in [0.4, 0.5) is 4.79 Å². The van der Waals surface area contributed by atoms with Crippen molar-refractivity contribution in [1.82, 2.24) is 10.6 Å². The molecule has 0 radical (unpaired) electrons. The fourth-order valence-corrected chi connectivity index (χ4v) is 2.09. The first-order valence-electron chi connectivity index (χ1n) is 8.13. The van der Waals surface area contributed by atoms with Gasteiger partial charge in [0.2, 0.25) is 11.8 Å². The molecule has 0 aromatic heterocycles. The summed E-state index contributed by atoms with van der Waals surface area (Å²) < 4.78 is 4.99. The number of aliphatic hydroxyl groups is 1. The Morgan fingerprint density at radius 1 is 1.23 bits per heavy atom. The number of nitrogens with two attached hydrogens (primary N) is 1. The first kappa shape index (κ1) is 21.2. The van der Waals surface area contributed by atoms with Gasteiger partial charge in [-0.3, -0.25) is 9.59 Å². The molecule has 0 aliphatic carbocycles. The maximum atomic E-state index is 11.9. The van der Waals surface area contributed by atoms with E-state index in [1.165, 1.54) is 0 Å². The minimum atomic E-state index is -1.13. The summed E-state index contributed by atoms with van der Waals surface area (Å²) in [7, 11) is 0. The van der Waals surface area contributed by atoms with E-state index in [-0.39, 0.29) is 26.0 Å². The predicted molar refractivity (Wildman–Crippen MR) is 95.8 cm³/mol. The molecule has 26 heavy (non-hydrogen) atoms. The van der Waals surface area contributed by atoms with Gasteiger partial charge >= 0.3 is 6.09 Å². The van der Waals surface area contributed by atoms with Gasteiger partial charge < -0.3 is 26.2 Å². The van der Waals surface area contributed by atoms with E-state index in [1.807, 2.05) is 30.3 Å². The van der Waals surface area contributed by atoms with Gasteiger partial charge in [0, 0.05) is 6.54 Å². The Morgan fingerprint density at radius 2 is 1.88 bits per heavy atom. The van der Waals surface area contributed by atoms with Gasteiger partial charge in [-0.15, -0.1) is 6.58 Å². The topological polar surface area (TPSA) is 131 Å². The number of nitrogens with one attached hydrogen (secondary N) is 2. The predicted octanol–water partition coefficient (Wildman–Crippen LogP) is 0.600. The quantitative estimate of drug-likeness (QED) is 0.452. The van der Waals surface area contributed by atoms with E-state index >= 15 is 0 Å². The molecule has 0 saturated heterocycles. The summed E-state index contributed by atoms with van der Waals surface area (Å²) >= 11 is 0. The van der Waals surface area contributed by atoms with E-state index in [9.17, 15) is 19.5 Å². The molecule has 0 aliphatic rings. The van der Waals surface area contributed by atoms with Gasteiger partial charge in [-0.1, -0.05) is 35.9 Å². The van der Waals surface area contributed by atoms with Crippen LogP contribution in [0.5, 0.6) is 0 Å². The van der Waals surface area contributed by atoms with Crippen molar-refractivity contribution in [2.45, 2.75) is 38.5 Å². The van der Waals surface area contributed by atoms with Crippen LogP contribution < -0.4 is 16.4 Å². The number of amides is 3. The Kier molecular flexibility index (Phi) is 8.86. The van der Waals surface area contributed by atoms with Crippen LogP contribution in [0.15, 0.2) is 42.5 Å². The molecule has 0 spiro atoms. The SMILES string of the molecule is C=C(C)C[C@@H](NC(=O)C[C@H](O)CNC(=O)OCc1ccccc1)C(N)=O. The van der Waals surface area contributed by atoms with Crippen molar-refractivity contribution >= 4 is 17.9 Å². The largest absolute Gasteiger partial charge is 0.445 e. The summed E-state index contributed by atoms with van der Waals surface area (Å²) in [5, 5.41) is 14.6. The molecule has 0 saturated carbocycles. The third-order valence-electron chi connectivity index (χ3n) is 3.35. The van der Waals surface area contributed by atoms with E-state index in [0.29, 0.717) is 5.57 Å². The summed E-state index contributed by atoms with van der Waals surface area (Å²) in [5.74, 6) is -1.24. The van der Waals surface area contributed by atoms with Gasteiger partial charge in [0.05, 0.1) is 12.5 Å².